The van der Waals surface area contributed by atoms with Gasteiger partial charge in [0.15, 0.2) is 0 Å². The first kappa shape index (κ1) is 16.8. The van der Waals surface area contributed by atoms with Crippen molar-refractivity contribution in [2.45, 2.75) is 0 Å². The molecule has 0 aliphatic rings. The smallest absolute Gasteiger partial charge is 0.335 e. The maximum Gasteiger partial charge on any atom is 0.335 e. The van der Waals surface area contributed by atoms with Crippen LogP contribution in [0, 0.1) is 0 Å². The monoisotopic (exact) mass is 350 g/mol. The molecule has 0 spiro atoms. The summed E-state index contributed by atoms with van der Waals surface area (Å²) in [6, 6.07) is 30.0. The van der Waals surface area contributed by atoms with E-state index in [4.69, 9.17) is 5.11 Å². The van der Waals surface area contributed by atoms with Crippen molar-refractivity contribution in [3.05, 3.63) is 108 Å². The van der Waals surface area contributed by atoms with Crippen molar-refractivity contribution in [1.29, 1.82) is 0 Å². The van der Waals surface area contributed by atoms with Crippen LogP contribution < -0.4 is 0 Å². The van der Waals surface area contributed by atoms with Gasteiger partial charge in [-0.2, -0.15) is 0 Å². The van der Waals surface area contributed by atoms with E-state index in [0.717, 1.165) is 11.1 Å². The van der Waals surface area contributed by atoms with Crippen LogP contribution in [-0.2, 0) is 0 Å². The van der Waals surface area contributed by atoms with Crippen molar-refractivity contribution in [2.75, 3.05) is 0 Å². The second-order valence-electron chi connectivity index (χ2n) is 6.41. The van der Waals surface area contributed by atoms with Gasteiger partial charge in [0, 0.05) is 0 Å². The predicted octanol–water partition coefficient (Wildman–Crippen LogP) is 6.38. The lowest BCUT2D eigenvalue weighted by Crippen LogP contribution is -1.94. The Kier molecular flexibility index (Phi) is 4.54. The number of fused-ring (bicyclic) bond motifs is 1. The summed E-state index contributed by atoms with van der Waals surface area (Å²) < 4.78 is 0. The number of carboxylic acids is 1. The summed E-state index contributed by atoms with van der Waals surface area (Å²) in [6.07, 6.45) is 4.08. The van der Waals surface area contributed by atoms with E-state index in [1.807, 2.05) is 36.4 Å². The van der Waals surface area contributed by atoms with E-state index in [0.29, 0.717) is 5.56 Å². The van der Waals surface area contributed by atoms with Crippen LogP contribution in [0.4, 0.5) is 0 Å². The normalized spacial score (nSPS) is 11.1. The number of carbonyl (C=O) groups is 1. The van der Waals surface area contributed by atoms with Gasteiger partial charge in [0.25, 0.3) is 0 Å². The average Bonchev–Trinajstić information content (AvgIpc) is 2.72. The van der Waals surface area contributed by atoms with E-state index in [2.05, 4.69) is 54.6 Å². The summed E-state index contributed by atoms with van der Waals surface area (Å²) in [7, 11) is 0. The third kappa shape index (κ3) is 3.65. The largest absolute Gasteiger partial charge is 0.478 e. The minimum atomic E-state index is -0.910. The van der Waals surface area contributed by atoms with Gasteiger partial charge in [0.1, 0.15) is 0 Å². The third-order valence-electron chi connectivity index (χ3n) is 4.63. The topological polar surface area (TPSA) is 37.3 Å². The summed E-state index contributed by atoms with van der Waals surface area (Å²) in [4.78, 5) is 11.0. The molecule has 0 fully saturated rings. The SMILES string of the molecule is O=C(O)c1ccc(/C=C/c2ccccc2-c2ccc3ccccc3c2)cc1. The fraction of sp³-hybridized carbons (Fsp3) is 0. The molecule has 27 heavy (non-hydrogen) atoms. The molecule has 0 bridgehead atoms. The molecule has 0 heterocycles. The van der Waals surface area contributed by atoms with Crippen molar-refractivity contribution in [3.8, 4) is 11.1 Å². The quantitative estimate of drug-likeness (QED) is 0.434. The summed E-state index contributed by atoms with van der Waals surface area (Å²) in [6.45, 7) is 0. The van der Waals surface area contributed by atoms with Crippen molar-refractivity contribution in [1.82, 2.24) is 0 Å². The lowest BCUT2D eigenvalue weighted by atomic mass is 9.96. The molecule has 4 aromatic rings. The molecule has 130 valence electrons. The first-order valence-electron chi connectivity index (χ1n) is 8.80. The number of carboxylic acid groups (broad SMARTS) is 1. The molecule has 0 saturated heterocycles. The second-order valence-corrected chi connectivity index (χ2v) is 6.41. The van der Waals surface area contributed by atoms with E-state index in [-0.39, 0.29) is 0 Å². The molecule has 0 saturated carbocycles. The van der Waals surface area contributed by atoms with Crippen molar-refractivity contribution >= 4 is 28.9 Å². The van der Waals surface area contributed by atoms with E-state index in [1.165, 1.54) is 21.9 Å². The standard InChI is InChI=1S/C25H18O2/c26-25(27)21-13-10-18(11-14-21)9-12-20-6-3-4-8-24(20)23-16-15-19-5-1-2-7-22(19)17-23/h1-17H,(H,26,27)/b12-9+. The Morgan fingerprint density at radius 2 is 1.41 bits per heavy atom. The number of rotatable bonds is 4. The summed E-state index contributed by atoms with van der Waals surface area (Å²) in [5.74, 6) is -0.910. The molecular formula is C25H18O2. The molecule has 0 radical (unpaired) electrons. The van der Waals surface area contributed by atoms with Crippen molar-refractivity contribution in [3.63, 3.8) is 0 Å². The van der Waals surface area contributed by atoms with Crippen LogP contribution in [0.2, 0.25) is 0 Å². The lowest BCUT2D eigenvalue weighted by Gasteiger charge is -2.08. The van der Waals surface area contributed by atoms with E-state index >= 15 is 0 Å². The number of aromatic carboxylic acids is 1. The molecule has 4 aromatic carbocycles. The van der Waals surface area contributed by atoms with Crippen LogP contribution in [0.1, 0.15) is 21.5 Å². The van der Waals surface area contributed by atoms with Gasteiger partial charge in [-0.15, -0.1) is 0 Å². The van der Waals surface area contributed by atoms with E-state index < -0.39 is 5.97 Å². The summed E-state index contributed by atoms with van der Waals surface area (Å²) in [5.41, 5.74) is 4.73. The zero-order valence-corrected chi connectivity index (χ0v) is 14.7. The molecule has 2 nitrogen and oxygen atoms in total. The first-order chi connectivity index (χ1) is 13.2. The molecule has 1 N–H and O–H groups in total. The van der Waals surface area contributed by atoms with Gasteiger partial charge < -0.3 is 5.11 Å². The van der Waals surface area contributed by atoms with Crippen LogP contribution in [0.25, 0.3) is 34.1 Å². The van der Waals surface area contributed by atoms with Crippen molar-refractivity contribution < 1.29 is 9.90 Å². The maximum absolute atomic E-state index is 11.0. The highest BCUT2D eigenvalue weighted by Crippen LogP contribution is 2.28. The zero-order valence-electron chi connectivity index (χ0n) is 14.7. The lowest BCUT2D eigenvalue weighted by molar-refractivity contribution is 0.0697. The Morgan fingerprint density at radius 3 is 2.19 bits per heavy atom. The Morgan fingerprint density at radius 1 is 0.704 bits per heavy atom. The van der Waals surface area contributed by atoms with E-state index in [1.54, 1.807) is 12.1 Å². The average molecular weight is 350 g/mol. The molecular weight excluding hydrogens is 332 g/mol. The van der Waals surface area contributed by atoms with Gasteiger partial charge in [-0.05, 0) is 51.2 Å². The van der Waals surface area contributed by atoms with Crippen LogP contribution in [0.3, 0.4) is 0 Å². The fourth-order valence-electron chi connectivity index (χ4n) is 3.18. The second kappa shape index (κ2) is 7.30. The number of benzene rings is 4. The highest BCUT2D eigenvalue weighted by molar-refractivity contribution is 5.90. The number of hydrogen-bond donors (Lipinski definition) is 1. The number of hydrogen-bond acceptors (Lipinski definition) is 1. The van der Waals surface area contributed by atoms with Crippen LogP contribution >= 0.6 is 0 Å². The molecule has 2 heteroatoms. The van der Waals surface area contributed by atoms with Gasteiger partial charge in [0.05, 0.1) is 5.56 Å². The van der Waals surface area contributed by atoms with Gasteiger partial charge in [-0.25, -0.2) is 4.79 Å². The van der Waals surface area contributed by atoms with Gasteiger partial charge in [-0.3, -0.25) is 0 Å². The Hall–Kier alpha value is -3.65. The molecule has 0 atom stereocenters. The molecule has 0 aromatic heterocycles. The third-order valence-corrected chi connectivity index (χ3v) is 4.63. The van der Waals surface area contributed by atoms with Gasteiger partial charge in [0.2, 0.25) is 0 Å². The predicted molar refractivity (Wildman–Crippen MR) is 112 cm³/mol. The Balaban J connectivity index is 1.69. The Bertz CT molecular complexity index is 1140. The van der Waals surface area contributed by atoms with Crippen molar-refractivity contribution in [2.24, 2.45) is 0 Å². The summed E-state index contributed by atoms with van der Waals surface area (Å²) >= 11 is 0. The maximum atomic E-state index is 11.0. The molecule has 4 rings (SSSR count). The molecule has 0 aliphatic carbocycles. The highest BCUT2D eigenvalue weighted by Gasteiger charge is 2.04. The Labute approximate surface area is 158 Å². The van der Waals surface area contributed by atoms with Crippen LogP contribution in [-0.4, -0.2) is 11.1 Å². The van der Waals surface area contributed by atoms with E-state index in [9.17, 15) is 4.79 Å². The minimum Gasteiger partial charge on any atom is -0.478 e. The van der Waals surface area contributed by atoms with Crippen LogP contribution in [0.5, 0.6) is 0 Å². The fourth-order valence-corrected chi connectivity index (χ4v) is 3.18. The summed E-state index contributed by atoms with van der Waals surface area (Å²) in [5, 5.41) is 11.5. The molecule has 0 amide bonds. The van der Waals surface area contributed by atoms with Crippen LogP contribution in [0.15, 0.2) is 91.0 Å². The van der Waals surface area contributed by atoms with Gasteiger partial charge >= 0.3 is 5.97 Å². The highest BCUT2D eigenvalue weighted by atomic mass is 16.4. The first-order valence-corrected chi connectivity index (χ1v) is 8.80. The molecule has 0 unspecified atom stereocenters. The minimum absolute atomic E-state index is 0.295. The van der Waals surface area contributed by atoms with Gasteiger partial charge in [-0.1, -0.05) is 84.9 Å². The molecule has 0 aliphatic heterocycles. The zero-order chi connectivity index (χ0) is 18.6.